The molecule has 2 N–H and O–H groups in total. The third-order valence-corrected chi connectivity index (χ3v) is 5.50. The number of fused-ring (bicyclic) bond motifs is 1. The van der Waals surface area contributed by atoms with Gasteiger partial charge in [-0.15, -0.1) is 5.10 Å². The minimum atomic E-state index is -0.498. The van der Waals surface area contributed by atoms with Gasteiger partial charge in [0, 0.05) is 11.1 Å². The highest BCUT2D eigenvalue weighted by molar-refractivity contribution is 6.11. The average Bonchev–Trinajstić information content (AvgIpc) is 3.34. The zero-order valence-corrected chi connectivity index (χ0v) is 18.5. The van der Waals surface area contributed by atoms with Crippen LogP contribution in [-0.2, 0) is 0 Å². The molecule has 0 saturated carbocycles. The van der Waals surface area contributed by atoms with Gasteiger partial charge in [0.15, 0.2) is 16.8 Å². The second-order valence-electron chi connectivity index (χ2n) is 7.60. The Morgan fingerprint density at radius 3 is 2.56 bits per heavy atom. The lowest BCUT2D eigenvalue weighted by atomic mass is 10.0. The summed E-state index contributed by atoms with van der Waals surface area (Å²) in [6.07, 6.45) is 0. The van der Waals surface area contributed by atoms with Gasteiger partial charge in [-0.2, -0.15) is 4.98 Å². The van der Waals surface area contributed by atoms with Gasteiger partial charge in [0.2, 0.25) is 5.95 Å². The zero-order chi connectivity index (χ0) is 23.7. The standard InChI is InChI=1S/C26H20N4O4/c1-15-21(31)18-12-8-13-19(23(18)34-22(15)16-9-4-3-5-10-16)25(32)28-26-27-24(29-30-26)17-11-6-7-14-20(17)33-2/h3-14H,1-2H3,(H2,27,28,29,30,32). The first-order valence-corrected chi connectivity index (χ1v) is 10.6. The molecular formula is C26H20N4O4. The SMILES string of the molecule is COc1ccccc1-c1nc(NC(=O)c2cccc3c(=O)c(C)c(-c4ccccc4)oc23)n[nH]1. The summed E-state index contributed by atoms with van der Waals surface area (Å²) in [4.78, 5) is 30.6. The molecule has 0 aliphatic heterocycles. The highest BCUT2D eigenvalue weighted by atomic mass is 16.5. The van der Waals surface area contributed by atoms with Crippen LogP contribution in [0.25, 0.3) is 33.7 Å². The molecule has 8 heteroatoms. The van der Waals surface area contributed by atoms with Crippen molar-refractivity contribution in [2.75, 3.05) is 12.4 Å². The van der Waals surface area contributed by atoms with Crippen LogP contribution in [0.3, 0.4) is 0 Å². The number of nitrogens with one attached hydrogen (secondary N) is 2. The van der Waals surface area contributed by atoms with E-state index in [0.29, 0.717) is 33.8 Å². The molecule has 0 unspecified atom stereocenters. The van der Waals surface area contributed by atoms with Crippen molar-refractivity contribution in [2.45, 2.75) is 6.92 Å². The van der Waals surface area contributed by atoms with Crippen molar-refractivity contribution in [3.63, 3.8) is 0 Å². The lowest BCUT2D eigenvalue weighted by Crippen LogP contribution is -2.15. The van der Waals surface area contributed by atoms with Crippen molar-refractivity contribution >= 4 is 22.8 Å². The van der Waals surface area contributed by atoms with Crippen molar-refractivity contribution in [1.82, 2.24) is 15.2 Å². The fourth-order valence-corrected chi connectivity index (χ4v) is 3.80. The van der Waals surface area contributed by atoms with Gasteiger partial charge in [0.1, 0.15) is 11.5 Å². The number of carbonyl (C=O) groups excluding carboxylic acids is 1. The van der Waals surface area contributed by atoms with Gasteiger partial charge >= 0.3 is 0 Å². The van der Waals surface area contributed by atoms with Crippen molar-refractivity contribution in [3.8, 4) is 28.5 Å². The number of H-pyrrole nitrogens is 1. The quantitative estimate of drug-likeness (QED) is 0.396. The number of benzene rings is 3. The summed E-state index contributed by atoms with van der Waals surface area (Å²) in [5.41, 5.74) is 2.16. The van der Waals surface area contributed by atoms with E-state index < -0.39 is 5.91 Å². The number of hydrogen-bond acceptors (Lipinski definition) is 6. The van der Waals surface area contributed by atoms with Crippen LogP contribution >= 0.6 is 0 Å². The van der Waals surface area contributed by atoms with Crippen LogP contribution < -0.4 is 15.5 Å². The Kier molecular flexibility index (Phi) is 5.39. The van der Waals surface area contributed by atoms with Gasteiger partial charge in [0.25, 0.3) is 5.91 Å². The molecule has 5 rings (SSSR count). The molecule has 0 saturated heterocycles. The number of methoxy groups -OCH3 is 1. The minimum Gasteiger partial charge on any atom is -0.496 e. The first-order valence-electron chi connectivity index (χ1n) is 10.6. The van der Waals surface area contributed by atoms with Gasteiger partial charge in [0.05, 0.1) is 23.6 Å². The molecule has 168 valence electrons. The van der Waals surface area contributed by atoms with Crippen molar-refractivity contribution in [2.24, 2.45) is 0 Å². The number of aromatic nitrogens is 3. The molecule has 0 fully saturated rings. The van der Waals surface area contributed by atoms with E-state index in [-0.39, 0.29) is 22.5 Å². The van der Waals surface area contributed by atoms with Crippen molar-refractivity contribution < 1.29 is 13.9 Å². The maximum atomic E-state index is 13.1. The third-order valence-electron chi connectivity index (χ3n) is 5.50. The second kappa shape index (κ2) is 8.67. The average molecular weight is 452 g/mol. The summed E-state index contributed by atoms with van der Waals surface area (Å²) in [5.74, 6) is 1.08. The molecule has 0 spiro atoms. The molecule has 8 nitrogen and oxygen atoms in total. The van der Waals surface area contributed by atoms with E-state index in [0.717, 1.165) is 5.56 Å². The van der Waals surface area contributed by atoms with E-state index in [9.17, 15) is 9.59 Å². The Labute approximate surface area is 194 Å². The van der Waals surface area contributed by atoms with E-state index in [4.69, 9.17) is 9.15 Å². The Morgan fingerprint density at radius 1 is 1.00 bits per heavy atom. The zero-order valence-electron chi connectivity index (χ0n) is 18.5. The number of carbonyl (C=O) groups is 1. The Hall–Kier alpha value is -4.72. The van der Waals surface area contributed by atoms with Gasteiger partial charge in [-0.05, 0) is 31.2 Å². The number of hydrogen-bond donors (Lipinski definition) is 2. The Bertz CT molecular complexity index is 1570. The number of amides is 1. The summed E-state index contributed by atoms with van der Waals surface area (Å²) in [5, 5.41) is 9.91. The maximum Gasteiger partial charge on any atom is 0.261 e. The predicted octanol–water partition coefficient (Wildman–Crippen LogP) is 4.81. The van der Waals surface area contributed by atoms with Crippen LogP contribution in [0.2, 0.25) is 0 Å². The molecule has 0 bridgehead atoms. The van der Waals surface area contributed by atoms with Crippen LogP contribution in [-0.4, -0.2) is 28.2 Å². The fourth-order valence-electron chi connectivity index (χ4n) is 3.80. The summed E-state index contributed by atoms with van der Waals surface area (Å²) in [6, 6.07) is 21.5. The van der Waals surface area contributed by atoms with Crippen molar-refractivity contribution in [1.29, 1.82) is 0 Å². The molecule has 1 amide bonds. The van der Waals surface area contributed by atoms with Crippen LogP contribution in [0.5, 0.6) is 5.75 Å². The number of nitrogens with zero attached hydrogens (tertiary/aromatic N) is 2. The van der Waals surface area contributed by atoms with E-state index in [1.807, 2.05) is 48.5 Å². The number of anilines is 1. The molecule has 0 aliphatic carbocycles. The number of para-hydroxylation sites is 2. The molecule has 2 heterocycles. The van der Waals surface area contributed by atoms with Crippen LogP contribution in [0.4, 0.5) is 5.95 Å². The lowest BCUT2D eigenvalue weighted by Gasteiger charge is -2.10. The number of ether oxygens (including phenoxy) is 1. The number of aromatic amines is 1. The molecule has 34 heavy (non-hydrogen) atoms. The molecule has 0 aliphatic rings. The van der Waals surface area contributed by atoms with E-state index in [1.165, 1.54) is 0 Å². The van der Waals surface area contributed by atoms with Crippen LogP contribution in [0.15, 0.2) is 82.0 Å². The van der Waals surface area contributed by atoms with Gasteiger partial charge < -0.3 is 9.15 Å². The molecular weight excluding hydrogens is 432 g/mol. The molecule has 3 aromatic carbocycles. The van der Waals surface area contributed by atoms with E-state index >= 15 is 0 Å². The molecule has 5 aromatic rings. The highest BCUT2D eigenvalue weighted by Crippen LogP contribution is 2.29. The van der Waals surface area contributed by atoms with E-state index in [2.05, 4.69) is 20.5 Å². The molecule has 0 radical (unpaired) electrons. The third kappa shape index (κ3) is 3.71. The largest absolute Gasteiger partial charge is 0.496 e. The predicted molar refractivity (Wildman–Crippen MR) is 129 cm³/mol. The molecule has 0 atom stereocenters. The van der Waals surface area contributed by atoms with Gasteiger partial charge in [-0.3, -0.25) is 20.0 Å². The lowest BCUT2D eigenvalue weighted by molar-refractivity contribution is 0.102. The summed E-state index contributed by atoms with van der Waals surface area (Å²) in [7, 11) is 1.57. The summed E-state index contributed by atoms with van der Waals surface area (Å²) >= 11 is 0. The minimum absolute atomic E-state index is 0.0839. The van der Waals surface area contributed by atoms with Crippen LogP contribution in [0.1, 0.15) is 15.9 Å². The van der Waals surface area contributed by atoms with E-state index in [1.54, 1.807) is 38.3 Å². The normalized spacial score (nSPS) is 10.9. The Morgan fingerprint density at radius 2 is 1.76 bits per heavy atom. The summed E-state index contributed by atoms with van der Waals surface area (Å²) < 4.78 is 11.5. The van der Waals surface area contributed by atoms with Gasteiger partial charge in [-0.1, -0.05) is 48.5 Å². The smallest absolute Gasteiger partial charge is 0.261 e. The van der Waals surface area contributed by atoms with Crippen LogP contribution in [0, 0.1) is 6.92 Å². The van der Waals surface area contributed by atoms with Crippen molar-refractivity contribution in [3.05, 3.63) is 94.1 Å². The Balaban J connectivity index is 1.53. The first-order chi connectivity index (χ1) is 16.6. The fraction of sp³-hybridized carbons (Fsp3) is 0.0769. The second-order valence-corrected chi connectivity index (χ2v) is 7.60. The highest BCUT2D eigenvalue weighted by Gasteiger charge is 2.20. The monoisotopic (exact) mass is 452 g/mol. The molecule has 2 aromatic heterocycles. The topological polar surface area (TPSA) is 110 Å². The number of rotatable bonds is 5. The maximum absolute atomic E-state index is 13.1. The summed E-state index contributed by atoms with van der Waals surface area (Å²) in [6.45, 7) is 1.72. The first kappa shape index (κ1) is 21.1. The van der Waals surface area contributed by atoms with Gasteiger partial charge in [-0.25, -0.2) is 0 Å².